The second-order valence-corrected chi connectivity index (χ2v) is 4.17. The van der Waals surface area contributed by atoms with Crippen molar-refractivity contribution in [3.05, 3.63) is 35.4 Å². The van der Waals surface area contributed by atoms with Crippen LogP contribution >= 0.6 is 0 Å². The standard InChI is InChI=1S/C13H12O2/c1-8-11(14)6-9-7-15-12-5-3-2-4-10(12)13(8)9/h2-5,9H,6-7H2,1H3. The summed E-state index contributed by atoms with van der Waals surface area (Å²) in [6, 6.07) is 7.97. The van der Waals surface area contributed by atoms with Crippen LogP contribution in [0.15, 0.2) is 29.8 Å². The van der Waals surface area contributed by atoms with Crippen LogP contribution in [0, 0.1) is 5.92 Å². The quantitative estimate of drug-likeness (QED) is 0.643. The topological polar surface area (TPSA) is 26.3 Å². The summed E-state index contributed by atoms with van der Waals surface area (Å²) in [5.41, 5.74) is 3.25. The number of carbonyl (C=O) groups is 1. The van der Waals surface area contributed by atoms with Crippen molar-refractivity contribution in [1.29, 1.82) is 0 Å². The molecule has 0 aromatic heterocycles. The largest absolute Gasteiger partial charge is 0.492 e. The Morgan fingerprint density at radius 2 is 2.13 bits per heavy atom. The van der Waals surface area contributed by atoms with Crippen molar-refractivity contribution in [3.8, 4) is 5.75 Å². The highest BCUT2D eigenvalue weighted by Crippen LogP contribution is 2.43. The summed E-state index contributed by atoms with van der Waals surface area (Å²) in [5.74, 6) is 1.47. The average molecular weight is 200 g/mol. The molecule has 15 heavy (non-hydrogen) atoms. The van der Waals surface area contributed by atoms with E-state index in [1.165, 1.54) is 5.57 Å². The van der Waals surface area contributed by atoms with Crippen molar-refractivity contribution in [2.45, 2.75) is 13.3 Å². The third-order valence-corrected chi connectivity index (χ3v) is 3.28. The lowest BCUT2D eigenvalue weighted by Gasteiger charge is -2.24. The maximum absolute atomic E-state index is 11.6. The summed E-state index contributed by atoms with van der Waals surface area (Å²) in [6.07, 6.45) is 0.621. The predicted octanol–water partition coefficient (Wildman–Crippen LogP) is 2.44. The fourth-order valence-electron chi connectivity index (χ4n) is 2.50. The Morgan fingerprint density at radius 3 is 3.00 bits per heavy atom. The van der Waals surface area contributed by atoms with Crippen LogP contribution in [0.25, 0.3) is 5.57 Å². The van der Waals surface area contributed by atoms with Crippen molar-refractivity contribution in [3.63, 3.8) is 0 Å². The molecule has 1 atom stereocenters. The van der Waals surface area contributed by atoms with E-state index in [9.17, 15) is 4.79 Å². The smallest absolute Gasteiger partial charge is 0.159 e. The minimum absolute atomic E-state index is 0.273. The summed E-state index contributed by atoms with van der Waals surface area (Å²) >= 11 is 0. The van der Waals surface area contributed by atoms with Gasteiger partial charge in [-0.2, -0.15) is 0 Å². The first-order valence-electron chi connectivity index (χ1n) is 5.23. The molecule has 0 saturated carbocycles. The Bertz CT molecular complexity index is 471. The van der Waals surface area contributed by atoms with Gasteiger partial charge < -0.3 is 4.74 Å². The van der Waals surface area contributed by atoms with E-state index in [2.05, 4.69) is 0 Å². The van der Waals surface area contributed by atoms with Gasteiger partial charge in [-0.3, -0.25) is 4.79 Å². The van der Waals surface area contributed by atoms with E-state index in [1.807, 2.05) is 31.2 Å². The summed E-state index contributed by atoms with van der Waals surface area (Å²) in [4.78, 5) is 11.6. The summed E-state index contributed by atoms with van der Waals surface area (Å²) in [6.45, 7) is 2.58. The summed E-state index contributed by atoms with van der Waals surface area (Å²) < 4.78 is 5.65. The van der Waals surface area contributed by atoms with Crippen LogP contribution in [0.3, 0.4) is 0 Å². The molecule has 0 spiro atoms. The molecule has 0 fully saturated rings. The number of hydrogen-bond donors (Lipinski definition) is 0. The molecule has 1 unspecified atom stereocenters. The third kappa shape index (κ3) is 1.14. The molecular weight excluding hydrogens is 188 g/mol. The van der Waals surface area contributed by atoms with Crippen LogP contribution in [0.1, 0.15) is 18.9 Å². The number of fused-ring (bicyclic) bond motifs is 3. The Hall–Kier alpha value is -1.57. The van der Waals surface area contributed by atoms with E-state index in [0.717, 1.165) is 16.9 Å². The van der Waals surface area contributed by atoms with Crippen molar-refractivity contribution < 1.29 is 9.53 Å². The van der Waals surface area contributed by atoms with Crippen LogP contribution in [0.2, 0.25) is 0 Å². The maximum Gasteiger partial charge on any atom is 0.159 e. The van der Waals surface area contributed by atoms with Gasteiger partial charge in [-0.1, -0.05) is 18.2 Å². The Labute approximate surface area is 88.6 Å². The van der Waals surface area contributed by atoms with E-state index in [4.69, 9.17) is 4.74 Å². The molecule has 1 aromatic carbocycles. The van der Waals surface area contributed by atoms with E-state index >= 15 is 0 Å². The zero-order valence-electron chi connectivity index (χ0n) is 8.62. The predicted molar refractivity (Wildman–Crippen MR) is 57.6 cm³/mol. The molecule has 3 rings (SSSR count). The number of ether oxygens (including phenoxy) is 1. The number of ketones is 1. The number of hydrogen-bond acceptors (Lipinski definition) is 2. The van der Waals surface area contributed by atoms with E-state index in [1.54, 1.807) is 0 Å². The molecule has 1 aromatic rings. The molecule has 1 aliphatic heterocycles. The number of carbonyl (C=O) groups excluding carboxylic acids is 1. The van der Waals surface area contributed by atoms with Gasteiger partial charge >= 0.3 is 0 Å². The molecule has 0 N–H and O–H groups in total. The monoisotopic (exact) mass is 200 g/mol. The maximum atomic E-state index is 11.6. The number of rotatable bonds is 0. The van der Waals surface area contributed by atoms with E-state index in [-0.39, 0.29) is 11.7 Å². The number of para-hydroxylation sites is 1. The first-order valence-corrected chi connectivity index (χ1v) is 5.23. The molecule has 2 aliphatic rings. The molecular formula is C13H12O2. The number of benzene rings is 1. The van der Waals surface area contributed by atoms with Crippen LogP contribution in [-0.4, -0.2) is 12.4 Å². The third-order valence-electron chi connectivity index (χ3n) is 3.28. The zero-order chi connectivity index (χ0) is 10.4. The molecule has 2 nitrogen and oxygen atoms in total. The average Bonchev–Trinajstić information content (AvgIpc) is 2.55. The van der Waals surface area contributed by atoms with Gasteiger partial charge in [0.2, 0.25) is 0 Å². The van der Waals surface area contributed by atoms with E-state index < -0.39 is 0 Å². The lowest BCUT2D eigenvalue weighted by atomic mass is 9.91. The van der Waals surface area contributed by atoms with Crippen LogP contribution in [0.4, 0.5) is 0 Å². The molecule has 0 radical (unpaired) electrons. The molecule has 1 aliphatic carbocycles. The van der Waals surface area contributed by atoms with Gasteiger partial charge in [0.15, 0.2) is 5.78 Å². The summed E-state index contributed by atoms with van der Waals surface area (Å²) in [5, 5.41) is 0. The second-order valence-electron chi connectivity index (χ2n) is 4.17. The lowest BCUT2D eigenvalue weighted by molar-refractivity contribution is -0.115. The molecule has 76 valence electrons. The molecule has 2 heteroatoms. The van der Waals surface area contributed by atoms with Crippen molar-refractivity contribution >= 4 is 11.4 Å². The summed E-state index contributed by atoms with van der Waals surface area (Å²) in [7, 11) is 0. The highest BCUT2D eigenvalue weighted by atomic mass is 16.5. The van der Waals surface area contributed by atoms with Crippen molar-refractivity contribution in [1.82, 2.24) is 0 Å². The Kier molecular flexibility index (Phi) is 1.72. The fourth-order valence-corrected chi connectivity index (χ4v) is 2.50. The molecule has 0 bridgehead atoms. The van der Waals surface area contributed by atoms with Crippen molar-refractivity contribution in [2.75, 3.05) is 6.61 Å². The number of allylic oxidation sites excluding steroid dienone is 1. The normalized spacial score (nSPS) is 23.5. The highest BCUT2D eigenvalue weighted by Gasteiger charge is 2.35. The van der Waals surface area contributed by atoms with Gasteiger partial charge in [0.1, 0.15) is 5.75 Å². The van der Waals surface area contributed by atoms with E-state index in [0.29, 0.717) is 13.0 Å². The Balaban J connectivity index is 2.23. The number of Topliss-reactive ketones (excluding diaryl/α,β-unsaturated/α-hetero) is 1. The van der Waals surface area contributed by atoms with Gasteiger partial charge in [-0.15, -0.1) is 0 Å². The molecule has 0 saturated heterocycles. The second kappa shape index (κ2) is 2.96. The van der Waals surface area contributed by atoms with Gasteiger partial charge in [0, 0.05) is 17.9 Å². The Morgan fingerprint density at radius 1 is 1.33 bits per heavy atom. The first kappa shape index (κ1) is 8.72. The van der Waals surface area contributed by atoms with Gasteiger partial charge in [0.25, 0.3) is 0 Å². The molecule has 1 heterocycles. The van der Waals surface area contributed by atoms with Crippen LogP contribution in [-0.2, 0) is 4.79 Å². The highest BCUT2D eigenvalue weighted by molar-refractivity contribution is 6.08. The first-order chi connectivity index (χ1) is 7.27. The lowest BCUT2D eigenvalue weighted by Crippen LogP contribution is -2.17. The molecule has 0 amide bonds. The minimum atomic E-state index is 0.273. The fraction of sp³-hybridized carbons (Fsp3) is 0.308. The van der Waals surface area contributed by atoms with Gasteiger partial charge in [-0.05, 0) is 24.1 Å². The van der Waals surface area contributed by atoms with Gasteiger partial charge in [0.05, 0.1) is 6.61 Å². The van der Waals surface area contributed by atoms with Crippen LogP contribution in [0.5, 0.6) is 5.75 Å². The zero-order valence-corrected chi connectivity index (χ0v) is 8.62. The SMILES string of the molecule is CC1=C2c3ccccc3OCC2CC1=O. The van der Waals surface area contributed by atoms with Gasteiger partial charge in [-0.25, -0.2) is 0 Å². The minimum Gasteiger partial charge on any atom is -0.492 e. The van der Waals surface area contributed by atoms with Crippen molar-refractivity contribution in [2.24, 2.45) is 5.92 Å². The van der Waals surface area contributed by atoms with Crippen LogP contribution < -0.4 is 4.74 Å².